The maximum atomic E-state index is 5.39. The highest BCUT2D eigenvalue weighted by Crippen LogP contribution is 2.33. The second-order valence-corrected chi connectivity index (χ2v) is 3.91. The van der Waals surface area contributed by atoms with E-state index in [-0.39, 0.29) is 0 Å². The van der Waals surface area contributed by atoms with E-state index in [0.717, 1.165) is 17.9 Å². The first-order valence-electron chi connectivity index (χ1n) is 5.38. The van der Waals surface area contributed by atoms with E-state index >= 15 is 0 Å². The molecule has 0 aliphatic carbocycles. The van der Waals surface area contributed by atoms with Crippen molar-refractivity contribution < 1.29 is 9.47 Å². The third kappa shape index (κ3) is 2.44. The van der Waals surface area contributed by atoms with Gasteiger partial charge in [-0.25, -0.2) is 0 Å². The molecule has 0 aliphatic rings. The summed E-state index contributed by atoms with van der Waals surface area (Å²) in [6, 6.07) is 4.16. The fourth-order valence-corrected chi connectivity index (χ4v) is 1.71. The molecule has 0 heterocycles. The predicted octanol–water partition coefficient (Wildman–Crippen LogP) is 3.39. The standard InChI is InChI=1S/C13H20O2/c1-6-10-7-13(15-5)11(9(2)3)8-12(10)14-4/h7-9H,6H2,1-5H3. The molecule has 2 heteroatoms. The molecule has 15 heavy (non-hydrogen) atoms. The molecule has 0 aliphatic heterocycles. The molecule has 0 N–H and O–H groups in total. The molecule has 0 amide bonds. The van der Waals surface area contributed by atoms with Gasteiger partial charge in [-0.15, -0.1) is 0 Å². The van der Waals surface area contributed by atoms with Gasteiger partial charge >= 0.3 is 0 Å². The first kappa shape index (κ1) is 11.9. The predicted molar refractivity (Wildman–Crippen MR) is 63.0 cm³/mol. The van der Waals surface area contributed by atoms with E-state index in [0.29, 0.717) is 5.92 Å². The van der Waals surface area contributed by atoms with Crippen LogP contribution < -0.4 is 9.47 Å². The summed E-state index contributed by atoms with van der Waals surface area (Å²) in [6.07, 6.45) is 0.956. The first-order chi connectivity index (χ1) is 7.13. The Morgan fingerprint density at radius 1 is 1.07 bits per heavy atom. The summed E-state index contributed by atoms with van der Waals surface area (Å²) in [4.78, 5) is 0. The Labute approximate surface area is 92.2 Å². The van der Waals surface area contributed by atoms with Crippen molar-refractivity contribution in [3.63, 3.8) is 0 Å². The monoisotopic (exact) mass is 208 g/mol. The van der Waals surface area contributed by atoms with Crippen molar-refractivity contribution in [2.24, 2.45) is 0 Å². The second kappa shape index (κ2) is 5.06. The molecule has 0 atom stereocenters. The molecule has 2 nitrogen and oxygen atoms in total. The van der Waals surface area contributed by atoms with Gasteiger partial charge in [0.05, 0.1) is 14.2 Å². The lowest BCUT2D eigenvalue weighted by Gasteiger charge is -2.16. The molecule has 1 aromatic rings. The highest BCUT2D eigenvalue weighted by Gasteiger charge is 2.12. The van der Waals surface area contributed by atoms with Crippen LogP contribution in [-0.2, 0) is 6.42 Å². The highest BCUT2D eigenvalue weighted by molar-refractivity contribution is 5.47. The van der Waals surface area contributed by atoms with E-state index in [1.165, 1.54) is 11.1 Å². The van der Waals surface area contributed by atoms with Crippen molar-refractivity contribution in [1.29, 1.82) is 0 Å². The van der Waals surface area contributed by atoms with Gasteiger partial charge in [-0.2, -0.15) is 0 Å². The largest absolute Gasteiger partial charge is 0.496 e. The Morgan fingerprint density at radius 3 is 2.07 bits per heavy atom. The number of hydrogen-bond acceptors (Lipinski definition) is 2. The van der Waals surface area contributed by atoms with Crippen molar-refractivity contribution in [2.45, 2.75) is 33.1 Å². The Morgan fingerprint density at radius 2 is 1.67 bits per heavy atom. The van der Waals surface area contributed by atoms with Crippen LogP contribution in [0.15, 0.2) is 12.1 Å². The minimum atomic E-state index is 0.444. The number of hydrogen-bond donors (Lipinski definition) is 0. The molecule has 0 saturated carbocycles. The zero-order valence-electron chi connectivity index (χ0n) is 10.3. The first-order valence-corrected chi connectivity index (χ1v) is 5.38. The lowest BCUT2D eigenvalue weighted by Crippen LogP contribution is -1.99. The quantitative estimate of drug-likeness (QED) is 0.755. The Balaban J connectivity index is 3.27. The molecule has 0 unspecified atom stereocenters. The molecule has 1 aromatic carbocycles. The van der Waals surface area contributed by atoms with Crippen molar-refractivity contribution in [2.75, 3.05) is 14.2 Å². The molecule has 0 spiro atoms. The van der Waals surface area contributed by atoms with Gasteiger partial charge in [-0.1, -0.05) is 20.8 Å². The third-order valence-electron chi connectivity index (χ3n) is 2.64. The van der Waals surface area contributed by atoms with Crippen LogP contribution in [0.2, 0.25) is 0 Å². The van der Waals surface area contributed by atoms with Crippen molar-refractivity contribution in [3.8, 4) is 11.5 Å². The van der Waals surface area contributed by atoms with Gasteiger partial charge < -0.3 is 9.47 Å². The normalized spacial score (nSPS) is 10.5. The van der Waals surface area contributed by atoms with Gasteiger partial charge in [0.15, 0.2) is 0 Å². The summed E-state index contributed by atoms with van der Waals surface area (Å²) >= 11 is 0. The molecule has 0 fully saturated rings. The number of rotatable bonds is 4. The summed E-state index contributed by atoms with van der Waals surface area (Å²) in [5.74, 6) is 2.37. The fraction of sp³-hybridized carbons (Fsp3) is 0.538. The van der Waals surface area contributed by atoms with Crippen LogP contribution >= 0.6 is 0 Å². The summed E-state index contributed by atoms with van der Waals surface area (Å²) in [7, 11) is 3.43. The van der Waals surface area contributed by atoms with E-state index in [2.05, 4.69) is 32.9 Å². The maximum absolute atomic E-state index is 5.39. The molecule has 0 bridgehead atoms. The van der Waals surface area contributed by atoms with E-state index < -0.39 is 0 Å². The number of methoxy groups -OCH3 is 2. The molecular weight excluding hydrogens is 188 g/mol. The van der Waals surface area contributed by atoms with Crippen molar-refractivity contribution >= 4 is 0 Å². The minimum Gasteiger partial charge on any atom is -0.496 e. The van der Waals surface area contributed by atoms with Gasteiger partial charge in [0.1, 0.15) is 11.5 Å². The average molecular weight is 208 g/mol. The zero-order valence-corrected chi connectivity index (χ0v) is 10.3. The Kier molecular flexibility index (Phi) is 4.01. The molecule has 84 valence electrons. The van der Waals surface area contributed by atoms with E-state index in [1.807, 2.05) is 0 Å². The van der Waals surface area contributed by atoms with Crippen molar-refractivity contribution in [1.82, 2.24) is 0 Å². The molecular formula is C13H20O2. The van der Waals surface area contributed by atoms with Crippen LogP contribution in [0.4, 0.5) is 0 Å². The SMILES string of the molecule is CCc1cc(OC)c(C(C)C)cc1OC. The molecule has 0 aromatic heterocycles. The van der Waals surface area contributed by atoms with Crippen LogP contribution in [0.1, 0.15) is 37.8 Å². The lowest BCUT2D eigenvalue weighted by molar-refractivity contribution is 0.393. The van der Waals surface area contributed by atoms with Gasteiger partial charge in [0, 0.05) is 5.56 Å². The lowest BCUT2D eigenvalue weighted by atomic mass is 9.98. The number of aryl methyl sites for hydroxylation is 1. The topological polar surface area (TPSA) is 18.5 Å². The summed E-state index contributed by atoms with van der Waals surface area (Å²) in [5, 5.41) is 0. The van der Waals surface area contributed by atoms with Crippen LogP contribution in [0.25, 0.3) is 0 Å². The van der Waals surface area contributed by atoms with Crippen LogP contribution in [0.3, 0.4) is 0 Å². The molecule has 0 radical (unpaired) electrons. The van der Waals surface area contributed by atoms with Crippen LogP contribution in [-0.4, -0.2) is 14.2 Å². The van der Waals surface area contributed by atoms with Gasteiger partial charge in [0.2, 0.25) is 0 Å². The number of ether oxygens (including phenoxy) is 2. The summed E-state index contributed by atoms with van der Waals surface area (Å²) < 4.78 is 10.8. The fourth-order valence-electron chi connectivity index (χ4n) is 1.71. The highest BCUT2D eigenvalue weighted by atomic mass is 16.5. The van der Waals surface area contributed by atoms with Gasteiger partial charge in [-0.3, -0.25) is 0 Å². The molecule has 1 rings (SSSR count). The van der Waals surface area contributed by atoms with Gasteiger partial charge in [0.25, 0.3) is 0 Å². The van der Waals surface area contributed by atoms with E-state index in [4.69, 9.17) is 9.47 Å². The number of benzene rings is 1. The Hall–Kier alpha value is -1.18. The maximum Gasteiger partial charge on any atom is 0.122 e. The second-order valence-electron chi connectivity index (χ2n) is 3.91. The van der Waals surface area contributed by atoms with Crippen LogP contribution in [0.5, 0.6) is 11.5 Å². The zero-order chi connectivity index (χ0) is 11.4. The summed E-state index contributed by atoms with van der Waals surface area (Å²) in [5.41, 5.74) is 2.39. The van der Waals surface area contributed by atoms with Crippen LogP contribution in [0, 0.1) is 0 Å². The summed E-state index contributed by atoms with van der Waals surface area (Å²) in [6.45, 7) is 6.43. The average Bonchev–Trinajstić information content (AvgIpc) is 2.26. The smallest absolute Gasteiger partial charge is 0.122 e. The van der Waals surface area contributed by atoms with Crippen molar-refractivity contribution in [3.05, 3.63) is 23.3 Å². The Bertz CT molecular complexity index is 330. The van der Waals surface area contributed by atoms with E-state index in [9.17, 15) is 0 Å². The minimum absolute atomic E-state index is 0.444. The van der Waals surface area contributed by atoms with Gasteiger partial charge in [-0.05, 0) is 30.0 Å². The molecule has 0 saturated heterocycles. The van der Waals surface area contributed by atoms with E-state index in [1.54, 1.807) is 14.2 Å². The third-order valence-corrected chi connectivity index (χ3v) is 2.64.